The first kappa shape index (κ1) is 15.7. The number of aromatic nitrogens is 2. The Morgan fingerprint density at radius 2 is 1.81 bits per heavy atom. The van der Waals surface area contributed by atoms with Gasteiger partial charge in [0.05, 0.1) is 12.5 Å². The van der Waals surface area contributed by atoms with Crippen molar-refractivity contribution in [2.75, 3.05) is 7.05 Å². The molecule has 0 saturated carbocycles. The highest BCUT2D eigenvalue weighted by molar-refractivity contribution is 5.71. The van der Waals surface area contributed by atoms with Crippen LogP contribution in [0.1, 0.15) is 25.7 Å². The molecule has 4 heterocycles. The molecular weight excluding hydrogens is 326 g/mol. The standard InChI is InChI=1S/C21H23N3O2/c1-23-16-4-5-17(23)10-19(9-16)26-21-8-15(12-24-13-22-11-20(21)24)14-2-6-18(25)7-3-14/h2-3,6-8,11-13,16-17,19,25H,4-5,9-10H2,1H3/t16-,17+,19?. The molecule has 134 valence electrons. The largest absolute Gasteiger partial charge is 0.508 e. The Labute approximate surface area is 152 Å². The van der Waals surface area contributed by atoms with E-state index in [0.29, 0.717) is 12.1 Å². The zero-order valence-corrected chi connectivity index (χ0v) is 14.9. The first-order valence-electron chi connectivity index (χ1n) is 9.31. The van der Waals surface area contributed by atoms with Crippen molar-refractivity contribution in [1.82, 2.24) is 14.3 Å². The molecule has 1 unspecified atom stereocenters. The van der Waals surface area contributed by atoms with E-state index >= 15 is 0 Å². The van der Waals surface area contributed by atoms with Gasteiger partial charge in [-0.15, -0.1) is 0 Å². The molecule has 0 spiro atoms. The van der Waals surface area contributed by atoms with E-state index in [4.69, 9.17) is 4.74 Å². The molecular formula is C21H23N3O2. The molecule has 5 nitrogen and oxygen atoms in total. The van der Waals surface area contributed by atoms with E-state index in [1.165, 1.54) is 12.8 Å². The number of phenols is 1. The van der Waals surface area contributed by atoms with Crippen molar-refractivity contribution in [1.29, 1.82) is 0 Å². The fraction of sp³-hybridized carbons (Fsp3) is 0.381. The van der Waals surface area contributed by atoms with Gasteiger partial charge in [0.25, 0.3) is 0 Å². The molecule has 2 aliphatic heterocycles. The third-order valence-electron chi connectivity index (χ3n) is 6.03. The van der Waals surface area contributed by atoms with E-state index < -0.39 is 0 Å². The van der Waals surface area contributed by atoms with Crippen LogP contribution in [0.3, 0.4) is 0 Å². The molecule has 1 N–H and O–H groups in total. The van der Waals surface area contributed by atoms with Crippen molar-refractivity contribution in [2.24, 2.45) is 0 Å². The number of phenolic OH excluding ortho intramolecular Hbond substituents is 1. The van der Waals surface area contributed by atoms with Crippen LogP contribution in [0.5, 0.6) is 11.5 Å². The number of piperidine rings is 1. The van der Waals surface area contributed by atoms with Crippen LogP contribution in [0.15, 0.2) is 49.1 Å². The number of fused-ring (bicyclic) bond motifs is 3. The lowest BCUT2D eigenvalue weighted by Crippen LogP contribution is -2.43. The lowest BCUT2D eigenvalue weighted by atomic mass is 10.0. The second kappa shape index (κ2) is 6.02. The minimum absolute atomic E-state index is 0.262. The second-order valence-electron chi connectivity index (χ2n) is 7.59. The van der Waals surface area contributed by atoms with Gasteiger partial charge in [-0.2, -0.15) is 0 Å². The maximum atomic E-state index is 9.55. The normalized spacial score (nSPS) is 25.7. The predicted molar refractivity (Wildman–Crippen MR) is 101 cm³/mol. The van der Waals surface area contributed by atoms with Gasteiger partial charge in [0.1, 0.15) is 23.1 Å². The van der Waals surface area contributed by atoms with Gasteiger partial charge in [0, 0.05) is 23.8 Å². The zero-order valence-electron chi connectivity index (χ0n) is 14.9. The summed E-state index contributed by atoms with van der Waals surface area (Å²) < 4.78 is 8.52. The van der Waals surface area contributed by atoms with Gasteiger partial charge in [-0.1, -0.05) is 12.1 Å². The molecule has 1 aromatic carbocycles. The van der Waals surface area contributed by atoms with Crippen molar-refractivity contribution in [3.8, 4) is 22.6 Å². The zero-order chi connectivity index (χ0) is 17.7. The molecule has 2 bridgehead atoms. The van der Waals surface area contributed by atoms with Crippen molar-refractivity contribution in [3.63, 3.8) is 0 Å². The quantitative estimate of drug-likeness (QED) is 0.783. The van der Waals surface area contributed by atoms with Gasteiger partial charge >= 0.3 is 0 Å². The van der Waals surface area contributed by atoms with Gasteiger partial charge in [-0.25, -0.2) is 4.98 Å². The fourth-order valence-electron chi connectivity index (χ4n) is 4.54. The Hall–Kier alpha value is -2.53. The Morgan fingerprint density at radius 3 is 2.54 bits per heavy atom. The first-order chi connectivity index (χ1) is 12.7. The predicted octanol–water partition coefficient (Wildman–Crippen LogP) is 3.71. The fourth-order valence-corrected chi connectivity index (χ4v) is 4.54. The van der Waals surface area contributed by atoms with Gasteiger partial charge < -0.3 is 19.1 Å². The van der Waals surface area contributed by atoms with E-state index in [1.54, 1.807) is 12.1 Å². The number of pyridine rings is 1. The molecule has 0 radical (unpaired) electrons. The van der Waals surface area contributed by atoms with Crippen molar-refractivity contribution in [3.05, 3.63) is 49.1 Å². The van der Waals surface area contributed by atoms with E-state index in [0.717, 1.165) is 35.2 Å². The molecule has 2 aromatic heterocycles. The van der Waals surface area contributed by atoms with Crippen molar-refractivity contribution in [2.45, 2.75) is 43.9 Å². The van der Waals surface area contributed by atoms with Crippen molar-refractivity contribution < 1.29 is 9.84 Å². The van der Waals surface area contributed by atoms with Crippen LogP contribution in [0, 0.1) is 0 Å². The summed E-state index contributed by atoms with van der Waals surface area (Å²) in [5.74, 6) is 1.16. The molecule has 2 fully saturated rings. The topological polar surface area (TPSA) is 50.0 Å². The molecule has 3 aromatic rings. The van der Waals surface area contributed by atoms with Crippen molar-refractivity contribution >= 4 is 5.52 Å². The van der Waals surface area contributed by atoms with Gasteiger partial charge in [0.15, 0.2) is 0 Å². The average molecular weight is 349 g/mol. The summed E-state index contributed by atoms with van der Waals surface area (Å²) in [5.41, 5.74) is 3.10. The second-order valence-corrected chi connectivity index (χ2v) is 7.59. The molecule has 5 rings (SSSR count). The van der Waals surface area contributed by atoms with E-state index in [9.17, 15) is 5.11 Å². The number of rotatable bonds is 3. The van der Waals surface area contributed by atoms with E-state index in [1.807, 2.05) is 29.1 Å². The summed E-state index contributed by atoms with van der Waals surface area (Å²) in [6, 6.07) is 10.7. The molecule has 0 aliphatic carbocycles. The highest BCUT2D eigenvalue weighted by atomic mass is 16.5. The molecule has 5 heteroatoms. The van der Waals surface area contributed by atoms with Crippen LogP contribution >= 0.6 is 0 Å². The summed E-state index contributed by atoms with van der Waals surface area (Å²) in [6.45, 7) is 0. The van der Waals surface area contributed by atoms with Crippen LogP contribution in [0.4, 0.5) is 0 Å². The molecule has 26 heavy (non-hydrogen) atoms. The highest BCUT2D eigenvalue weighted by Gasteiger charge is 2.39. The molecule has 3 atom stereocenters. The number of hydrogen-bond acceptors (Lipinski definition) is 4. The Kier molecular flexibility index (Phi) is 3.64. The molecule has 2 aliphatic rings. The SMILES string of the molecule is CN1[C@@H]2CC[C@H]1CC(Oc1cc(-c3ccc(O)cc3)cn3cncc13)C2. The number of aromatic hydroxyl groups is 1. The highest BCUT2D eigenvalue weighted by Crippen LogP contribution is 2.37. The lowest BCUT2D eigenvalue weighted by molar-refractivity contribution is 0.0669. The maximum Gasteiger partial charge on any atom is 0.146 e. The maximum absolute atomic E-state index is 9.55. The number of nitrogens with zero attached hydrogens (tertiary/aromatic N) is 3. The first-order valence-corrected chi connectivity index (χ1v) is 9.31. The lowest BCUT2D eigenvalue weighted by Gasteiger charge is -2.36. The summed E-state index contributed by atoms with van der Waals surface area (Å²) in [7, 11) is 2.25. The minimum Gasteiger partial charge on any atom is -0.508 e. The summed E-state index contributed by atoms with van der Waals surface area (Å²) in [5, 5.41) is 9.55. The molecule has 2 saturated heterocycles. The smallest absolute Gasteiger partial charge is 0.146 e. The Morgan fingerprint density at radius 1 is 1.08 bits per heavy atom. The van der Waals surface area contributed by atoms with Crippen LogP contribution < -0.4 is 4.74 Å². The van der Waals surface area contributed by atoms with Gasteiger partial charge in [-0.05, 0) is 56.5 Å². The number of hydrogen-bond donors (Lipinski definition) is 1. The molecule has 0 amide bonds. The van der Waals surface area contributed by atoms with Crippen LogP contribution in [0.2, 0.25) is 0 Å². The third-order valence-corrected chi connectivity index (χ3v) is 6.03. The summed E-state index contributed by atoms with van der Waals surface area (Å²) in [6.07, 6.45) is 10.8. The van der Waals surface area contributed by atoms with Gasteiger partial charge in [-0.3, -0.25) is 0 Å². The minimum atomic E-state index is 0.262. The monoisotopic (exact) mass is 349 g/mol. The number of ether oxygens (including phenoxy) is 1. The Bertz CT molecular complexity index is 920. The summed E-state index contributed by atoms with van der Waals surface area (Å²) in [4.78, 5) is 6.82. The average Bonchev–Trinajstić information content (AvgIpc) is 3.17. The number of benzene rings is 1. The van der Waals surface area contributed by atoms with E-state index in [2.05, 4.69) is 29.2 Å². The van der Waals surface area contributed by atoms with Gasteiger partial charge in [0.2, 0.25) is 0 Å². The van der Waals surface area contributed by atoms with E-state index in [-0.39, 0.29) is 11.9 Å². The van der Waals surface area contributed by atoms with Crippen LogP contribution in [0.25, 0.3) is 16.6 Å². The Balaban J connectivity index is 1.49. The summed E-state index contributed by atoms with van der Waals surface area (Å²) >= 11 is 0. The third kappa shape index (κ3) is 2.63. The van der Waals surface area contributed by atoms with Crippen LogP contribution in [-0.4, -0.2) is 44.6 Å². The number of imidazole rings is 1. The van der Waals surface area contributed by atoms with Crippen LogP contribution in [-0.2, 0) is 0 Å².